The molecule has 0 saturated carbocycles. The number of hydrogen-bond donors (Lipinski definition) is 4. The van der Waals surface area contributed by atoms with E-state index in [9.17, 15) is 27.9 Å². The number of ether oxygens (including phenoxy) is 1. The number of hydrogen-bond acceptors (Lipinski definition) is 9. The van der Waals surface area contributed by atoms with Crippen molar-refractivity contribution in [2.45, 2.75) is 62.6 Å². The molecule has 0 bridgehead atoms. The number of primary amides is 1. The first-order valence-electron chi connectivity index (χ1n) is 13.6. The standard InChI is InChI=1S/C28H37N5O7S2/c1-3-4-8-13-33(42(38,39)21-11-12-22-26(15-21)41-18-30-22)16-25(35)23(14-20-9-6-5-7-10-20)32-28(37)40-17-24(27(29)36)31-19(2)34/h5-7,9-12,15,18,23-25,35H,3-4,8,13-14,16-17H2,1-2H3,(H2,29,36)(H,31,34)(H,32,37)/t23-,24-,25+/m0/s1. The lowest BCUT2D eigenvalue weighted by Gasteiger charge is -2.30. The first kappa shape index (κ1) is 32.9. The molecular weight excluding hydrogens is 582 g/mol. The SMILES string of the molecule is CCCCCN(C[C@@H](O)[C@H](Cc1ccccc1)NC(=O)OC[C@H](NC(C)=O)C(N)=O)S(=O)(=O)c1ccc2ncsc2c1. The third-order valence-electron chi connectivity index (χ3n) is 6.51. The van der Waals surface area contributed by atoms with Gasteiger partial charge in [0.25, 0.3) is 0 Å². The second-order valence-corrected chi connectivity index (χ2v) is 12.6. The summed E-state index contributed by atoms with van der Waals surface area (Å²) in [7, 11) is -4.01. The summed E-state index contributed by atoms with van der Waals surface area (Å²) in [6.07, 6.45) is 0.118. The van der Waals surface area contributed by atoms with Crippen LogP contribution in [0, 0.1) is 0 Å². The summed E-state index contributed by atoms with van der Waals surface area (Å²) in [6, 6.07) is 11.6. The highest BCUT2D eigenvalue weighted by molar-refractivity contribution is 7.89. The van der Waals surface area contributed by atoms with Crippen LogP contribution in [-0.4, -0.2) is 78.6 Å². The lowest BCUT2D eigenvalue weighted by atomic mass is 10.0. The van der Waals surface area contributed by atoms with Crippen molar-refractivity contribution in [3.8, 4) is 0 Å². The number of nitrogens with two attached hydrogens (primary N) is 1. The van der Waals surface area contributed by atoms with Crippen molar-refractivity contribution in [2.24, 2.45) is 5.73 Å². The Bertz CT molecular complexity index is 1450. The van der Waals surface area contributed by atoms with Gasteiger partial charge in [-0.2, -0.15) is 4.31 Å². The van der Waals surface area contributed by atoms with E-state index in [-0.39, 0.29) is 24.4 Å². The zero-order valence-corrected chi connectivity index (χ0v) is 25.2. The number of thiazole rings is 1. The number of fused-ring (bicyclic) bond motifs is 1. The van der Waals surface area contributed by atoms with Gasteiger partial charge < -0.3 is 26.2 Å². The molecule has 0 unspecified atom stereocenters. The Morgan fingerprint density at radius 3 is 2.52 bits per heavy atom. The van der Waals surface area contributed by atoms with Crippen LogP contribution in [0.3, 0.4) is 0 Å². The van der Waals surface area contributed by atoms with Crippen molar-refractivity contribution >= 4 is 49.5 Å². The minimum atomic E-state index is -4.01. The minimum absolute atomic E-state index is 0.0883. The molecule has 0 aliphatic heterocycles. The number of rotatable bonds is 16. The molecule has 12 nitrogen and oxygen atoms in total. The first-order valence-corrected chi connectivity index (χ1v) is 15.9. The van der Waals surface area contributed by atoms with Crippen molar-refractivity contribution in [2.75, 3.05) is 19.7 Å². The van der Waals surface area contributed by atoms with E-state index in [1.54, 1.807) is 29.8 Å². The van der Waals surface area contributed by atoms with Crippen LogP contribution in [0.4, 0.5) is 4.79 Å². The Morgan fingerprint density at radius 1 is 1.12 bits per heavy atom. The maximum Gasteiger partial charge on any atom is 0.407 e. The molecule has 0 aliphatic rings. The van der Waals surface area contributed by atoms with E-state index >= 15 is 0 Å². The predicted molar refractivity (Wildman–Crippen MR) is 159 cm³/mol. The third-order valence-corrected chi connectivity index (χ3v) is 9.16. The molecule has 14 heteroatoms. The number of carbonyl (C=O) groups excluding carboxylic acids is 3. The molecule has 0 spiro atoms. The average Bonchev–Trinajstić information content (AvgIpc) is 3.43. The Kier molecular flexibility index (Phi) is 12.2. The zero-order valence-electron chi connectivity index (χ0n) is 23.6. The van der Waals surface area contributed by atoms with E-state index in [2.05, 4.69) is 15.6 Å². The molecule has 42 heavy (non-hydrogen) atoms. The molecule has 5 N–H and O–H groups in total. The smallest absolute Gasteiger partial charge is 0.407 e. The number of aliphatic hydroxyl groups is 1. The van der Waals surface area contributed by atoms with E-state index < -0.39 is 52.7 Å². The number of benzene rings is 2. The number of unbranched alkanes of at least 4 members (excludes halogenated alkanes) is 2. The van der Waals surface area contributed by atoms with Gasteiger partial charge in [-0.25, -0.2) is 18.2 Å². The topological polar surface area (TPSA) is 181 Å². The largest absolute Gasteiger partial charge is 0.447 e. The fourth-order valence-corrected chi connectivity index (χ4v) is 6.59. The molecule has 228 valence electrons. The summed E-state index contributed by atoms with van der Waals surface area (Å²) in [5.41, 5.74) is 8.39. The monoisotopic (exact) mass is 619 g/mol. The number of carbonyl (C=O) groups is 3. The summed E-state index contributed by atoms with van der Waals surface area (Å²) in [6.45, 7) is 2.56. The maximum atomic E-state index is 13.8. The molecule has 3 rings (SSSR count). The molecule has 0 saturated heterocycles. The van der Waals surface area contributed by atoms with Gasteiger partial charge in [-0.1, -0.05) is 50.1 Å². The maximum absolute atomic E-state index is 13.8. The van der Waals surface area contributed by atoms with Crippen LogP contribution >= 0.6 is 11.3 Å². The number of aromatic nitrogens is 1. The summed E-state index contributed by atoms with van der Waals surface area (Å²) in [4.78, 5) is 40.0. The van der Waals surface area contributed by atoms with Gasteiger partial charge in [-0.05, 0) is 36.6 Å². The van der Waals surface area contributed by atoms with Crippen LogP contribution in [0.5, 0.6) is 0 Å². The quantitative estimate of drug-likeness (QED) is 0.176. The number of sulfonamides is 1. The molecule has 1 heterocycles. The molecule has 2 aromatic carbocycles. The van der Waals surface area contributed by atoms with Gasteiger partial charge >= 0.3 is 6.09 Å². The number of alkyl carbamates (subject to hydrolysis) is 1. The van der Waals surface area contributed by atoms with Crippen molar-refractivity contribution in [3.05, 3.63) is 59.6 Å². The summed E-state index contributed by atoms with van der Waals surface area (Å²) >= 11 is 1.33. The number of amides is 3. The van der Waals surface area contributed by atoms with Gasteiger partial charge in [0.15, 0.2) is 0 Å². The van der Waals surface area contributed by atoms with Crippen molar-refractivity contribution in [1.82, 2.24) is 19.9 Å². The minimum Gasteiger partial charge on any atom is -0.447 e. The molecule has 0 fully saturated rings. The molecule has 3 amide bonds. The summed E-state index contributed by atoms with van der Waals surface area (Å²) in [5, 5.41) is 16.3. The molecule has 0 radical (unpaired) electrons. The van der Waals surface area contributed by atoms with Crippen LogP contribution < -0.4 is 16.4 Å². The van der Waals surface area contributed by atoms with Crippen molar-refractivity contribution in [1.29, 1.82) is 0 Å². The van der Waals surface area contributed by atoms with E-state index in [0.29, 0.717) is 11.9 Å². The van der Waals surface area contributed by atoms with Gasteiger partial charge in [-0.3, -0.25) is 9.59 Å². The Balaban J connectivity index is 1.82. The van der Waals surface area contributed by atoms with Crippen LogP contribution in [0.1, 0.15) is 38.7 Å². The highest BCUT2D eigenvalue weighted by atomic mass is 32.2. The molecule has 1 aromatic heterocycles. The zero-order chi connectivity index (χ0) is 30.7. The Morgan fingerprint density at radius 2 is 1.86 bits per heavy atom. The Hall–Kier alpha value is -3.59. The summed E-state index contributed by atoms with van der Waals surface area (Å²) in [5.74, 6) is -1.41. The molecular formula is C28H37N5O7S2. The fraction of sp³-hybridized carbons (Fsp3) is 0.429. The number of nitrogens with zero attached hydrogens (tertiary/aromatic N) is 2. The van der Waals surface area contributed by atoms with Gasteiger partial charge in [0.05, 0.1) is 32.8 Å². The highest BCUT2D eigenvalue weighted by Gasteiger charge is 2.31. The Labute approximate surface area is 249 Å². The second kappa shape index (κ2) is 15.6. The third kappa shape index (κ3) is 9.48. The predicted octanol–water partition coefficient (Wildman–Crippen LogP) is 2.17. The van der Waals surface area contributed by atoms with E-state index in [0.717, 1.165) is 23.1 Å². The van der Waals surface area contributed by atoms with Crippen LogP contribution in [0.15, 0.2) is 58.9 Å². The lowest BCUT2D eigenvalue weighted by molar-refractivity contribution is -0.127. The van der Waals surface area contributed by atoms with Crippen molar-refractivity contribution in [3.63, 3.8) is 0 Å². The van der Waals surface area contributed by atoms with E-state index in [1.165, 1.54) is 28.6 Å². The molecule has 3 aromatic rings. The van der Waals surface area contributed by atoms with Gasteiger partial charge in [0, 0.05) is 20.0 Å². The molecule has 3 atom stereocenters. The average molecular weight is 620 g/mol. The van der Waals surface area contributed by atoms with Gasteiger partial charge in [-0.15, -0.1) is 11.3 Å². The van der Waals surface area contributed by atoms with E-state index in [1.807, 2.05) is 25.1 Å². The molecule has 0 aliphatic carbocycles. The van der Waals surface area contributed by atoms with Crippen LogP contribution in [-0.2, 0) is 30.8 Å². The fourth-order valence-electron chi connectivity index (χ4n) is 4.27. The lowest BCUT2D eigenvalue weighted by Crippen LogP contribution is -2.52. The first-order chi connectivity index (χ1) is 20.0. The van der Waals surface area contributed by atoms with Gasteiger partial charge in [0.2, 0.25) is 21.8 Å². The van der Waals surface area contributed by atoms with Crippen LogP contribution in [0.25, 0.3) is 10.2 Å². The number of nitrogens with one attached hydrogen (secondary N) is 2. The second-order valence-electron chi connectivity index (χ2n) is 9.81. The number of aliphatic hydroxyl groups excluding tert-OH is 1. The summed E-state index contributed by atoms with van der Waals surface area (Å²) < 4.78 is 34.6. The van der Waals surface area contributed by atoms with E-state index in [4.69, 9.17) is 10.5 Å². The normalized spacial score (nSPS) is 13.8. The van der Waals surface area contributed by atoms with Crippen LogP contribution in [0.2, 0.25) is 0 Å². The van der Waals surface area contributed by atoms with Crippen molar-refractivity contribution < 1.29 is 32.6 Å². The highest BCUT2D eigenvalue weighted by Crippen LogP contribution is 2.25. The van der Waals surface area contributed by atoms with Gasteiger partial charge in [0.1, 0.15) is 12.6 Å².